The summed E-state index contributed by atoms with van der Waals surface area (Å²) in [5, 5.41) is 0.653. The molecule has 0 fully saturated rings. The first kappa shape index (κ1) is 12.9. The molecular formula is C10H17Cl2N. The lowest BCUT2D eigenvalue weighted by atomic mass is 10.0. The molecule has 13 heavy (non-hydrogen) atoms. The lowest BCUT2D eigenvalue weighted by Gasteiger charge is -2.10. The molecule has 0 aromatic heterocycles. The maximum Gasteiger partial charge on any atom is 0.0530 e. The average Bonchev–Trinajstić information content (AvgIpc) is 2.04. The summed E-state index contributed by atoms with van der Waals surface area (Å²) >= 11 is 12.0. The fraction of sp³-hybridized carbons (Fsp3) is 0.600. The Morgan fingerprint density at radius 1 is 1.46 bits per heavy atom. The van der Waals surface area contributed by atoms with Crippen molar-refractivity contribution < 1.29 is 0 Å². The topological polar surface area (TPSA) is 26.0 Å². The average molecular weight is 222 g/mol. The second-order valence-electron chi connectivity index (χ2n) is 3.22. The van der Waals surface area contributed by atoms with Crippen molar-refractivity contribution in [1.82, 2.24) is 0 Å². The zero-order valence-electron chi connectivity index (χ0n) is 8.35. The lowest BCUT2D eigenvalue weighted by molar-refractivity contribution is 0.782. The van der Waals surface area contributed by atoms with Gasteiger partial charge in [-0.15, -0.1) is 11.6 Å². The zero-order valence-corrected chi connectivity index (χ0v) is 9.86. The van der Waals surface area contributed by atoms with E-state index in [0.717, 1.165) is 12.0 Å². The number of alkyl halides is 1. The summed E-state index contributed by atoms with van der Waals surface area (Å²) in [6, 6.07) is 0. The molecule has 0 bridgehead atoms. The second-order valence-corrected chi connectivity index (χ2v) is 4.18. The molecule has 3 heteroatoms. The van der Waals surface area contributed by atoms with Crippen LogP contribution in [-0.4, -0.2) is 5.38 Å². The summed E-state index contributed by atoms with van der Waals surface area (Å²) in [6.07, 6.45) is 4.25. The molecule has 0 aliphatic rings. The van der Waals surface area contributed by atoms with Gasteiger partial charge in [0.15, 0.2) is 0 Å². The van der Waals surface area contributed by atoms with E-state index in [1.807, 2.05) is 26.8 Å². The molecule has 2 N–H and O–H groups in total. The van der Waals surface area contributed by atoms with Crippen LogP contribution in [0.3, 0.4) is 0 Å². The van der Waals surface area contributed by atoms with Crippen LogP contribution in [0.25, 0.3) is 0 Å². The molecule has 0 heterocycles. The Kier molecular flexibility index (Phi) is 6.27. The fourth-order valence-corrected chi connectivity index (χ4v) is 1.54. The monoisotopic (exact) mass is 221 g/mol. The maximum absolute atomic E-state index is 6.04. The highest BCUT2D eigenvalue weighted by molar-refractivity contribution is 6.33. The highest BCUT2D eigenvalue weighted by Gasteiger charge is 2.08. The first-order valence-corrected chi connectivity index (χ1v) is 5.27. The number of halogens is 2. The van der Waals surface area contributed by atoms with Gasteiger partial charge in [-0.1, -0.05) is 32.4 Å². The number of hydrogen-bond acceptors (Lipinski definition) is 1. The molecule has 0 radical (unpaired) electrons. The molecule has 1 atom stereocenters. The molecule has 0 aliphatic heterocycles. The highest BCUT2D eigenvalue weighted by atomic mass is 35.5. The maximum atomic E-state index is 6.04. The van der Waals surface area contributed by atoms with Crippen LogP contribution >= 0.6 is 23.2 Å². The largest absolute Gasteiger partial charge is 0.404 e. The minimum Gasteiger partial charge on any atom is -0.404 e. The smallest absolute Gasteiger partial charge is 0.0530 e. The molecule has 76 valence electrons. The van der Waals surface area contributed by atoms with E-state index in [0.29, 0.717) is 11.0 Å². The summed E-state index contributed by atoms with van der Waals surface area (Å²) in [4.78, 5) is 0. The van der Waals surface area contributed by atoms with Crippen molar-refractivity contribution in [2.75, 3.05) is 0 Å². The highest BCUT2D eigenvalue weighted by Crippen LogP contribution is 2.23. The van der Waals surface area contributed by atoms with E-state index < -0.39 is 0 Å². The Balaban J connectivity index is 4.56. The molecule has 1 unspecified atom stereocenters. The summed E-state index contributed by atoms with van der Waals surface area (Å²) in [5.74, 6) is 0.328. The van der Waals surface area contributed by atoms with E-state index in [1.165, 1.54) is 0 Å². The van der Waals surface area contributed by atoms with Crippen molar-refractivity contribution in [3.05, 3.63) is 22.9 Å². The van der Waals surface area contributed by atoms with Crippen LogP contribution in [0.1, 0.15) is 27.2 Å². The van der Waals surface area contributed by atoms with Crippen molar-refractivity contribution in [2.24, 2.45) is 11.7 Å². The van der Waals surface area contributed by atoms with Gasteiger partial charge in [0.25, 0.3) is 0 Å². The molecule has 0 saturated carbocycles. The van der Waals surface area contributed by atoms with Gasteiger partial charge in [0.2, 0.25) is 0 Å². The summed E-state index contributed by atoms with van der Waals surface area (Å²) in [6.45, 7) is 6.10. The molecule has 0 aromatic carbocycles. The van der Waals surface area contributed by atoms with Crippen LogP contribution in [0.15, 0.2) is 22.9 Å². The minimum atomic E-state index is -0.0128. The Morgan fingerprint density at radius 3 is 2.31 bits per heavy atom. The number of allylic oxidation sites excluding steroid dienone is 3. The third-order valence-corrected chi connectivity index (χ3v) is 2.57. The van der Waals surface area contributed by atoms with Crippen molar-refractivity contribution in [3.63, 3.8) is 0 Å². The number of hydrogen-bond donors (Lipinski definition) is 1. The Hall–Kier alpha value is -0.140. The van der Waals surface area contributed by atoms with Crippen LogP contribution in [0.2, 0.25) is 0 Å². The van der Waals surface area contributed by atoms with E-state index in [-0.39, 0.29) is 5.38 Å². The van der Waals surface area contributed by atoms with Crippen LogP contribution in [0, 0.1) is 5.92 Å². The van der Waals surface area contributed by atoms with Gasteiger partial charge in [0, 0.05) is 5.03 Å². The van der Waals surface area contributed by atoms with E-state index >= 15 is 0 Å². The first-order valence-electron chi connectivity index (χ1n) is 4.46. The lowest BCUT2D eigenvalue weighted by Crippen LogP contribution is -2.00. The third-order valence-electron chi connectivity index (χ3n) is 1.79. The molecule has 0 spiro atoms. The van der Waals surface area contributed by atoms with Crippen LogP contribution in [-0.2, 0) is 0 Å². The molecule has 0 rings (SSSR count). The van der Waals surface area contributed by atoms with Gasteiger partial charge in [-0.2, -0.15) is 0 Å². The quantitative estimate of drug-likeness (QED) is 0.570. The van der Waals surface area contributed by atoms with Crippen LogP contribution < -0.4 is 5.73 Å². The molecule has 0 amide bonds. The zero-order chi connectivity index (χ0) is 10.4. The Morgan fingerprint density at radius 2 is 2.00 bits per heavy atom. The summed E-state index contributed by atoms with van der Waals surface area (Å²) in [7, 11) is 0. The standard InChI is InChI=1S/C10H17Cl2N/c1-4-8(11)5-10(12)9(6-13)7(2)3/h5-8H,4,13H2,1-3H3/b9-6-,10-5+. The summed E-state index contributed by atoms with van der Waals surface area (Å²) < 4.78 is 0. The number of nitrogens with two attached hydrogens (primary N) is 1. The van der Waals surface area contributed by atoms with Gasteiger partial charge in [0.05, 0.1) is 5.38 Å². The van der Waals surface area contributed by atoms with E-state index in [2.05, 4.69) is 0 Å². The van der Waals surface area contributed by atoms with Crippen molar-refractivity contribution in [3.8, 4) is 0 Å². The SMILES string of the molecule is CCC(Cl)/C=C(Cl)\C(=C/N)C(C)C. The fourth-order valence-electron chi connectivity index (χ4n) is 0.921. The third kappa shape index (κ3) is 4.58. The number of rotatable bonds is 4. The van der Waals surface area contributed by atoms with Crippen molar-refractivity contribution in [1.29, 1.82) is 0 Å². The van der Waals surface area contributed by atoms with E-state index in [1.54, 1.807) is 6.20 Å². The second kappa shape index (κ2) is 6.33. The summed E-state index contributed by atoms with van der Waals surface area (Å²) in [5.41, 5.74) is 6.41. The molecule has 1 nitrogen and oxygen atoms in total. The van der Waals surface area contributed by atoms with Gasteiger partial charge >= 0.3 is 0 Å². The Labute approximate surface area is 90.6 Å². The van der Waals surface area contributed by atoms with Gasteiger partial charge in [0.1, 0.15) is 0 Å². The molecular weight excluding hydrogens is 205 g/mol. The van der Waals surface area contributed by atoms with E-state index in [4.69, 9.17) is 28.9 Å². The minimum absolute atomic E-state index is 0.0128. The van der Waals surface area contributed by atoms with Crippen molar-refractivity contribution >= 4 is 23.2 Å². The normalized spacial score (nSPS) is 16.5. The van der Waals surface area contributed by atoms with Gasteiger partial charge < -0.3 is 5.73 Å². The van der Waals surface area contributed by atoms with Gasteiger partial charge in [-0.25, -0.2) is 0 Å². The molecule has 0 saturated heterocycles. The predicted octanol–water partition coefficient (Wildman–Crippen LogP) is 3.63. The van der Waals surface area contributed by atoms with Crippen molar-refractivity contribution in [2.45, 2.75) is 32.6 Å². The first-order chi connectivity index (χ1) is 6.02. The van der Waals surface area contributed by atoms with Gasteiger partial charge in [-0.05, 0) is 30.2 Å². The van der Waals surface area contributed by atoms with E-state index in [9.17, 15) is 0 Å². The van der Waals surface area contributed by atoms with Crippen LogP contribution in [0.5, 0.6) is 0 Å². The molecule has 0 aromatic rings. The predicted molar refractivity (Wildman–Crippen MR) is 61.0 cm³/mol. The van der Waals surface area contributed by atoms with Gasteiger partial charge in [-0.3, -0.25) is 0 Å². The molecule has 0 aliphatic carbocycles. The van der Waals surface area contributed by atoms with Crippen LogP contribution in [0.4, 0.5) is 0 Å². The Bertz CT molecular complexity index is 207.